The van der Waals surface area contributed by atoms with E-state index in [4.69, 9.17) is 9.15 Å². The third-order valence-electron chi connectivity index (χ3n) is 4.06. The van der Waals surface area contributed by atoms with Crippen LogP contribution < -0.4 is 15.7 Å². The van der Waals surface area contributed by atoms with Gasteiger partial charge in [0.1, 0.15) is 11.3 Å². The molecular weight excluding hydrogens is 330 g/mol. The number of hydrogen-bond donors (Lipinski definition) is 1. The first-order chi connectivity index (χ1) is 12.6. The zero-order chi connectivity index (χ0) is 18.1. The number of aryl methyl sites for hydroxylation is 1. The van der Waals surface area contributed by atoms with Crippen LogP contribution in [0.25, 0.3) is 17.0 Å². The molecule has 3 aromatic rings. The van der Waals surface area contributed by atoms with Crippen molar-refractivity contribution < 1.29 is 13.9 Å². The lowest BCUT2D eigenvalue weighted by Crippen LogP contribution is -2.13. The van der Waals surface area contributed by atoms with Gasteiger partial charge in [0.05, 0.1) is 6.26 Å². The van der Waals surface area contributed by atoms with E-state index >= 15 is 0 Å². The van der Waals surface area contributed by atoms with Crippen molar-refractivity contribution in [2.24, 2.45) is 0 Å². The summed E-state index contributed by atoms with van der Waals surface area (Å²) in [7, 11) is 0. The van der Waals surface area contributed by atoms with Crippen molar-refractivity contribution in [3.8, 4) is 5.75 Å². The van der Waals surface area contributed by atoms with Gasteiger partial charge in [-0.15, -0.1) is 0 Å². The lowest BCUT2D eigenvalue weighted by Gasteiger charge is -2.07. The van der Waals surface area contributed by atoms with E-state index in [0.717, 1.165) is 16.5 Å². The molecule has 5 nitrogen and oxygen atoms in total. The van der Waals surface area contributed by atoms with Crippen LogP contribution in [0.1, 0.15) is 11.1 Å². The summed E-state index contributed by atoms with van der Waals surface area (Å²) in [6.45, 7) is 1.98. The molecule has 0 aliphatic carbocycles. The van der Waals surface area contributed by atoms with Crippen LogP contribution in [-0.2, 0) is 4.79 Å². The Bertz CT molecular complexity index is 1140. The third-order valence-corrected chi connectivity index (χ3v) is 4.06. The van der Waals surface area contributed by atoms with E-state index in [-0.39, 0.29) is 5.91 Å². The topological polar surface area (TPSA) is 68.5 Å². The average molecular weight is 345 g/mol. The van der Waals surface area contributed by atoms with Crippen molar-refractivity contribution in [1.29, 1.82) is 0 Å². The molecule has 4 rings (SSSR count). The highest BCUT2D eigenvalue weighted by atomic mass is 16.5. The van der Waals surface area contributed by atoms with E-state index in [1.807, 2.05) is 25.1 Å². The number of carbonyl (C=O) groups excluding carboxylic acids is 1. The zero-order valence-corrected chi connectivity index (χ0v) is 14.0. The highest BCUT2D eigenvalue weighted by Crippen LogP contribution is 2.26. The second kappa shape index (κ2) is 6.37. The first kappa shape index (κ1) is 15.9. The van der Waals surface area contributed by atoms with Gasteiger partial charge in [0.25, 0.3) is 5.91 Å². The van der Waals surface area contributed by atoms with Crippen LogP contribution >= 0.6 is 0 Å². The maximum absolute atomic E-state index is 12.6. The summed E-state index contributed by atoms with van der Waals surface area (Å²) in [4.78, 5) is 23.9. The Balaban J connectivity index is 1.62. The number of fused-ring (bicyclic) bond motifs is 2. The van der Waals surface area contributed by atoms with Crippen LogP contribution in [0.15, 0.2) is 75.7 Å². The van der Waals surface area contributed by atoms with Gasteiger partial charge in [0, 0.05) is 28.3 Å². The minimum absolute atomic E-state index is 0.255. The highest BCUT2D eigenvalue weighted by molar-refractivity contribution is 6.09. The Labute approximate surface area is 149 Å². The first-order valence-electron chi connectivity index (χ1n) is 8.09. The number of benzene rings is 2. The summed E-state index contributed by atoms with van der Waals surface area (Å²) in [5.41, 5.74) is 3.08. The van der Waals surface area contributed by atoms with Gasteiger partial charge in [0.15, 0.2) is 0 Å². The van der Waals surface area contributed by atoms with Gasteiger partial charge < -0.3 is 14.5 Å². The molecule has 0 spiro atoms. The van der Waals surface area contributed by atoms with Crippen LogP contribution in [0.2, 0.25) is 0 Å². The van der Waals surface area contributed by atoms with Crippen LogP contribution in [0.4, 0.5) is 5.69 Å². The second-order valence-electron chi connectivity index (χ2n) is 6.02. The summed E-state index contributed by atoms with van der Waals surface area (Å²) in [6.07, 6.45) is 4.92. The lowest BCUT2D eigenvalue weighted by molar-refractivity contribution is -0.112. The summed E-state index contributed by atoms with van der Waals surface area (Å²) < 4.78 is 10.7. The number of nitrogens with one attached hydrogen (secondary N) is 1. The maximum Gasteiger partial charge on any atom is 0.336 e. The molecule has 1 aliphatic rings. The average Bonchev–Trinajstić information content (AvgIpc) is 2.84. The lowest BCUT2D eigenvalue weighted by atomic mass is 10.1. The minimum Gasteiger partial charge on any atom is -0.464 e. The Hall–Kier alpha value is -3.60. The Morgan fingerprint density at radius 1 is 1.04 bits per heavy atom. The number of carbonyl (C=O) groups is 1. The predicted molar refractivity (Wildman–Crippen MR) is 100 cm³/mol. The van der Waals surface area contributed by atoms with Gasteiger partial charge in [-0.25, -0.2) is 4.79 Å². The fourth-order valence-corrected chi connectivity index (χ4v) is 2.75. The van der Waals surface area contributed by atoms with E-state index in [1.54, 1.807) is 36.4 Å². The van der Waals surface area contributed by atoms with E-state index in [9.17, 15) is 9.59 Å². The van der Waals surface area contributed by atoms with Crippen molar-refractivity contribution in [1.82, 2.24) is 0 Å². The van der Waals surface area contributed by atoms with E-state index in [1.165, 1.54) is 12.3 Å². The maximum atomic E-state index is 12.6. The molecule has 2 aromatic carbocycles. The number of amides is 1. The smallest absolute Gasteiger partial charge is 0.336 e. The zero-order valence-electron chi connectivity index (χ0n) is 14.0. The van der Waals surface area contributed by atoms with E-state index in [0.29, 0.717) is 22.6 Å². The van der Waals surface area contributed by atoms with Crippen molar-refractivity contribution >= 4 is 28.6 Å². The fraction of sp³-hybridized carbons (Fsp3) is 0.0476. The van der Waals surface area contributed by atoms with Gasteiger partial charge in [-0.05, 0) is 55.0 Å². The van der Waals surface area contributed by atoms with Crippen LogP contribution in [0, 0.1) is 6.92 Å². The molecule has 1 aliphatic heterocycles. The SMILES string of the molecule is Cc1ccc2c(c1)OC=CC(C(=O)Nc1ccc3oc(=O)ccc3c1)=C2. The third kappa shape index (κ3) is 3.15. The summed E-state index contributed by atoms with van der Waals surface area (Å²) in [5.74, 6) is 0.458. The van der Waals surface area contributed by atoms with Gasteiger partial charge >= 0.3 is 5.63 Å². The number of anilines is 1. The van der Waals surface area contributed by atoms with Crippen molar-refractivity contribution in [3.63, 3.8) is 0 Å². The molecule has 0 atom stereocenters. The largest absolute Gasteiger partial charge is 0.464 e. The molecule has 26 heavy (non-hydrogen) atoms. The van der Waals surface area contributed by atoms with Crippen LogP contribution in [0.5, 0.6) is 5.75 Å². The molecule has 0 bridgehead atoms. The van der Waals surface area contributed by atoms with E-state index in [2.05, 4.69) is 5.32 Å². The number of ether oxygens (including phenoxy) is 1. The van der Waals surface area contributed by atoms with E-state index < -0.39 is 5.63 Å². The molecule has 1 aromatic heterocycles. The molecule has 5 heteroatoms. The Morgan fingerprint density at radius 3 is 2.81 bits per heavy atom. The monoisotopic (exact) mass is 345 g/mol. The predicted octanol–water partition coefficient (Wildman–Crippen LogP) is 4.03. The highest BCUT2D eigenvalue weighted by Gasteiger charge is 2.13. The summed E-state index contributed by atoms with van der Waals surface area (Å²) >= 11 is 0. The molecular formula is C21H15NO4. The van der Waals surface area contributed by atoms with Crippen LogP contribution in [0.3, 0.4) is 0 Å². The number of hydrogen-bond acceptors (Lipinski definition) is 4. The van der Waals surface area contributed by atoms with Gasteiger partial charge in [-0.3, -0.25) is 4.79 Å². The van der Waals surface area contributed by atoms with Gasteiger partial charge in [-0.2, -0.15) is 0 Å². The van der Waals surface area contributed by atoms with Gasteiger partial charge in [-0.1, -0.05) is 12.1 Å². The molecule has 0 fully saturated rings. The van der Waals surface area contributed by atoms with Crippen LogP contribution in [-0.4, -0.2) is 5.91 Å². The standard InChI is InChI=1S/C21H15NO4/c1-13-2-3-14-11-16(8-9-25-19(14)10-13)21(24)22-17-5-6-18-15(12-17)4-7-20(23)26-18/h2-12H,1H3,(H,22,24). The molecule has 2 heterocycles. The van der Waals surface area contributed by atoms with Crippen molar-refractivity contribution in [2.75, 3.05) is 5.32 Å². The minimum atomic E-state index is -0.406. The summed E-state index contributed by atoms with van der Waals surface area (Å²) in [6, 6.07) is 13.9. The molecule has 0 saturated carbocycles. The second-order valence-corrected chi connectivity index (χ2v) is 6.02. The quantitative estimate of drug-likeness (QED) is 0.712. The Morgan fingerprint density at radius 2 is 1.92 bits per heavy atom. The fourth-order valence-electron chi connectivity index (χ4n) is 2.75. The molecule has 128 valence electrons. The van der Waals surface area contributed by atoms with Crippen molar-refractivity contribution in [2.45, 2.75) is 6.92 Å². The first-order valence-corrected chi connectivity index (χ1v) is 8.09. The molecule has 1 amide bonds. The molecule has 1 N–H and O–H groups in total. The van der Waals surface area contributed by atoms with Crippen molar-refractivity contribution in [3.05, 3.63) is 88.0 Å². The molecule has 0 unspecified atom stereocenters. The normalized spacial score (nSPS) is 12.7. The summed E-state index contributed by atoms with van der Waals surface area (Å²) in [5, 5.41) is 3.59. The molecule has 0 saturated heterocycles. The Kier molecular flexibility index (Phi) is 3.89. The van der Waals surface area contributed by atoms with Gasteiger partial charge in [0.2, 0.25) is 0 Å². The number of rotatable bonds is 2. The molecule has 0 radical (unpaired) electrons.